The molecule has 0 aliphatic rings. The average molecular weight is 368 g/mol. The van der Waals surface area contributed by atoms with Crippen molar-refractivity contribution in [3.8, 4) is 17.0 Å². The average Bonchev–Trinajstić information content (AvgIpc) is 3.06. The fourth-order valence-corrected chi connectivity index (χ4v) is 2.75. The number of aryl methyl sites for hydroxylation is 1. The maximum atomic E-state index is 13.8. The van der Waals surface area contributed by atoms with Gasteiger partial charge in [0.25, 0.3) is 0 Å². The van der Waals surface area contributed by atoms with Gasteiger partial charge in [-0.15, -0.1) is 0 Å². The van der Waals surface area contributed by atoms with Crippen LogP contribution < -0.4 is 15.4 Å². The molecule has 0 spiro atoms. The molecule has 3 aromatic rings. The van der Waals surface area contributed by atoms with Crippen molar-refractivity contribution in [3.63, 3.8) is 0 Å². The third-order valence-electron chi connectivity index (χ3n) is 4.05. The zero-order valence-corrected chi connectivity index (χ0v) is 15.2. The van der Waals surface area contributed by atoms with Gasteiger partial charge >= 0.3 is 6.03 Å². The molecular weight excluding hydrogens is 347 g/mol. The summed E-state index contributed by atoms with van der Waals surface area (Å²) in [5.41, 5.74) is 2.88. The fourth-order valence-electron chi connectivity index (χ4n) is 2.75. The minimum atomic E-state index is -0.539. The zero-order valence-electron chi connectivity index (χ0n) is 15.2. The Morgan fingerprint density at radius 2 is 2.00 bits per heavy atom. The molecule has 0 bridgehead atoms. The number of nitrogens with zero attached hydrogens (tertiary/aromatic N) is 1. The van der Waals surface area contributed by atoms with Crippen molar-refractivity contribution in [2.24, 2.45) is 0 Å². The number of hydrogen-bond donors (Lipinski definition) is 3. The lowest BCUT2D eigenvalue weighted by Gasteiger charge is -2.11. The normalized spacial score (nSPS) is 10.5. The lowest BCUT2D eigenvalue weighted by Crippen LogP contribution is -2.21. The minimum Gasteiger partial charge on any atom is -0.497 e. The molecule has 0 fully saturated rings. The monoisotopic (exact) mass is 368 g/mol. The number of ether oxygens (including phenoxy) is 1. The summed E-state index contributed by atoms with van der Waals surface area (Å²) in [6.07, 6.45) is 1.59. The van der Waals surface area contributed by atoms with Crippen molar-refractivity contribution in [3.05, 3.63) is 60.0 Å². The Balaban J connectivity index is 1.89. The standard InChI is InChI=1S/C20H21FN4O2/c1-3-7-17-19(23-20(26)22-16-11-5-4-10-15(16)21)18(25-24-17)13-8-6-9-14(12-13)27-2/h4-6,8-12H,3,7H2,1-2H3,(H,24,25)(H2,22,23,26). The lowest BCUT2D eigenvalue weighted by atomic mass is 10.1. The highest BCUT2D eigenvalue weighted by atomic mass is 19.1. The van der Waals surface area contributed by atoms with Crippen molar-refractivity contribution in [2.45, 2.75) is 19.8 Å². The van der Waals surface area contributed by atoms with Crippen LogP contribution in [-0.2, 0) is 6.42 Å². The van der Waals surface area contributed by atoms with Crippen molar-refractivity contribution < 1.29 is 13.9 Å². The Morgan fingerprint density at radius 1 is 1.19 bits per heavy atom. The van der Waals surface area contributed by atoms with Crippen LogP contribution in [-0.4, -0.2) is 23.3 Å². The predicted molar refractivity (Wildman–Crippen MR) is 104 cm³/mol. The van der Waals surface area contributed by atoms with E-state index in [4.69, 9.17) is 4.74 Å². The largest absolute Gasteiger partial charge is 0.497 e. The lowest BCUT2D eigenvalue weighted by molar-refractivity contribution is 0.262. The molecule has 0 atom stereocenters. The molecule has 0 saturated carbocycles. The van der Waals surface area contributed by atoms with Crippen LogP contribution in [0.15, 0.2) is 48.5 Å². The predicted octanol–water partition coefficient (Wildman–Crippen LogP) is 4.82. The Labute approximate surface area is 156 Å². The van der Waals surface area contributed by atoms with Crippen molar-refractivity contribution in [1.82, 2.24) is 10.2 Å². The summed E-state index contributed by atoms with van der Waals surface area (Å²) in [6.45, 7) is 2.04. The SMILES string of the molecule is CCCc1[nH]nc(-c2cccc(OC)c2)c1NC(=O)Nc1ccccc1F. The number of halogens is 1. The maximum Gasteiger partial charge on any atom is 0.323 e. The number of amides is 2. The van der Waals surface area contributed by atoms with Crippen LogP contribution >= 0.6 is 0 Å². The Kier molecular flexibility index (Phi) is 5.71. The highest BCUT2D eigenvalue weighted by Crippen LogP contribution is 2.31. The third-order valence-corrected chi connectivity index (χ3v) is 4.05. The number of hydrogen-bond acceptors (Lipinski definition) is 3. The number of carbonyl (C=O) groups excluding carboxylic acids is 1. The maximum absolute atomic E-state index is 13.8. The molecule has 140 valence electrons. The van der Waals surface area contributed by atoms with Gasteiger partial charge in [-0.1, -0.05) is 37.6 Å². The molecule has 1 heterocycles. The first-order valence-electron chi connectivity index (χ1n) is 8.66. The van der Waals surface area contributed by atoms with Crippen LogP contribution in [0.5, 0.6) is 5.75 Å². The summed E-state index contributed by atoms with van der Waals surface area (Å²) in [5.74, 6) is 0.191. The van der Waals surface area contributed by atoms with Crippen LogP contribution in [0.1, 0.15) is 19.0 Å². The summed E-state index contributed by atoms with van der Waals surface area (Å²) in [6, 6.07) is 12.9. The van der Waals surface area contributed by atoms with Crippen LogP contribution in [0.4, 0.5) is 20.6 Å². The number of methoxy groups -OCH3 is 1. The molecule has 0 aliphatic heterocycles. The number of aromatic nitrogens is 2. The minimum absolute atomic E-state index is 0.110. The first-order chi connectivity index (χ1) is 13.1. The van der Waals surface area contributed by atoms with E-state index >= 15 is 0 Å². The molecule has 0 aliphatic carbocycles. The number of rotatable bonds is 6. The first-order valence-corrected chi connectivity index (χ1v) is 8.66. The van der Waals surface area contributed by atoms with E-state index in [9.17, 15) is 9.18 Å². The van der Waals surface area contributed by atoms with E-state index in [1.165, 1.54) is 12.1 Å². The Morgan fingerprint density at radius 3 is 2.74 bits per heavy atom. The molecule has 3 rings (SSSR count). The molecule has 0 radical (unpaired) electrons. The number of para-hydroxylation sites is 1. The van der Waals surface area contributed by atoms with Gasteiger partial charge in [0.15, 0.2) is 0 Å². The molecule has 6 nitrogen and oxygen atoms in total. The van der Waals surface area contributed by atoms with Gasteiger partial charge < -0.3 is 15.4 Å². The first kappa shape index (κ1) is 18.4. The molecule has 2 amide bonds. The van der Waals surface area contributed by atoms with Crippen LogP contribution in [0, 0.1) is 5.82 Å². The summed E-state index contributed by atoms with van der Waals surface area (Å²) in [4.78, 5) is 12.4. The highest BCUT2D eigenvalue weighted by molar-refractivity contribution is 6.02. The van der Waals surface area contributed by atoms with E-state index < -0.39 is 11.8 Å². The number of benzene rings is 2. The number of nitrogens with one attached hydrogen (secondary N) is 3. The Hall–Kier alpha value is -3.35. The van der Waals surface area contributed by atoms with Gasteiger partial charge in [0.1, 0.15) is 17.3 Å². The van der Waals surface area contributed by atoms with Gasteiger partial charge in [-0.3, -0.25) is 5.10 Å². The third kappa shape index (κ3) is 4.25. The summed E-state index contributed by atoms with van der Waals surface area (Å²) in [5, 5.41) is 12.7. The zero-order chi connectivity index (χ0) is 19.2. The summed E-state index contributed by atoms with van der Waals surface area (Å²) in [7, 11) is 1.59. The number of anilines is 2. The molecular formula is C20H21FN4O2. The van der Waals surface area contributed by atoms with E-state index in [-0.39, 0.29) is 5.69 Å². The van der Waals surface area contributed by atoms with E-state index in [1.807, 2.05) is 31.2 Å². The second-order valence-corrected chi connectivity index (χ2v) is 5.97. The van der Waals surface area contributed by atoms with Gasteiger partial charge in [-0.25, -0.2) is 9.18 Å². The van der Waals surface area contributed by atoms with Crippen molar-refractivity contribution in [1.29, 1.82) is 0 Å². The number of H-pyrrole nitrogens is 1. The Bertz CT molecular complexity index is 939. The summed E-state index contributed by atoms with van der Waals surface area (Å²) < 4.78 is 19.0. The van der Waals surface area contributed by atoms with Gasteiger partial charge in [0.05, 0.1) is 24.2 Å². The molecule has 27 heavy (non-hydrogen) atoms. The second kappa shape index (κ2) is 8.35. The molecule has 3 N–H and O–H groups in total. The second-order valence-electron chi connectivity index (χ2n) is 5.97. The van der Waals surface area contributed by atoms with Gasteiger partial charge in [0, 0.05) is 5.56 Å². The summed E-state index contributed by atoms with van der Waals surface area (Å²) >= 11 is 0. The van der Waals surface area contributed by atoms with Crippen LogP contribution in [0.3, 0.4) is 0 Å². The molecule has 0 unspecified atom stereocenters. The van der Waals surface area contributed by atoms with Crippen molar-refractivity contribution in [2.75, 3.05) is 17.7 Å². The highest BCUT2D eigenvalue weighted by Gasteiger charge is 2.18. The van der Waals surface area contributed by atoms with E-state index in [0.717, 1.165) is 17.7 Å². The fraction of sp³-hybridized carbons (Fsp3) is 0.200. The van der Waals surface area contributed by atoms with Gasteiger partial charge in [-0.2, -0.15) is 5.10 Å². The van der Waals surface area contributed by atoms with E-state index in [1.54, 1.807) is 19.2 Å². The number of urea groups is 1. The van der Waals surface area contributed by atoms with Gasteiger partial charge in [-0.05, 0) is 30.7 Å². The molecule has 1 aromatic heterocycles. The van der Waals surface area contributed by atoms with Crippen LogP contribution in [0.25, 0.3) is 11.3 Å². The number of carbonyl (C=O) groups is 1. The molecule has 0 saturated heterocycles. The smallest absolute Gasteiger partial charge is 0.323 e. The molecule has 2 aromatic carbocycles. The molecule has 7 heteroatoms. The van der Waals surface area contributed by atoms with Gasteiger partial charge in [0.2, 0.25) is 0 Å². The van der Waals surface area contributed by atoms with Crippen molar-refractivity contribution >= 4 is 17.4 Å². The number of aromatic amines is 1. The topological polar surface area (TPSA) is 79.0 Å². The van der Waals surface area contributed by atoms with E-state index in [2.05, 4.69) is 20.8 Å². The van der Waals surface area contributed by atoms with Crippen LogP contribution in [0.2, 0.25) is 0 Å². The van der Waals surface area contributed by atoms with E-state index in [0.29, 0.717) is 23.6 Å². The quantitative estimate of drug-likeness (QED) is 0.583.